The summed E-state index contributed by atoms with van der Waals surface area (Å²) in [6, 6.07) is 0. The van der Waals surface area contributed by atoms with E-state index in [0.29, 0.717) is 31.6 Å². The molecular formula is C73H142O17P2. The number of carbonyl (C=O) groups excluding carboxylic acids is 4. The molecule has 17 nitrogen and oxygen atoms in total. The van der Waals surface area contributed by atoms with E-state index in [1.54, 1.807) is 0 Å². The number of hydrogen-bond acceptors (Lipinski definition) is 15. The molecule has 0 aromatic rings. The maximum absolute atomic E-state index is 13.0. The summed E-state index contributed by atoms with van der Waals surface area (Å²) < 4.78 is 68.3. The minimum atomic E-state index is -4.95. The first-order valence-corrected chi connectivity index (χ1v) is 41.0. The van der Waals surface area contributed by atoms with Crippen molar-refractivity contribution in [3.05, 3.63) is 0 Å². The number of carbonyl (C=O) groups is 4. The van der Waals surface area contributed by atoms with E-state index >= 15 is 0 Å². The Kier molecular flexibility index (Phi) is 63.7. The Bertz CT molecular complexity index is 1790. The van der Waals surface area contributed by atoms with Crippen molar-refractivity contribution in [2.24, 2.45) is 11.8 Å². The first-order chi connectivity index (χ1) is 44.4. The van der Waals surface area contributed by atoms with Gasteiger partial charge in [-0.05, 0) is 37.5 Å². The molecule has 92 heavy (non-hydrogen) atoms. The predicted octanol–water partition coefficient (Wildman–Crippen LogP) is 21.2. The summed E-state index contributed by atoms with van der Waals surface area (Å²) >= 11 is 0. The first kappa shape index (κ1) is 90.1. The zero-order valence-electron chi connectivity index (χ0n) is 59.9. The Labute approximate surface area is 562 Å². The third-order valence-corrected chi connectivity index (χ3v) is 18.9. The number of esters is 4. The van der Waals surface area contributed by atoms with E-state index in [1.165, 1.54) is 186 Å². The molecule has 0 aliphatic carbocycles. The fourth-order valence-electron chi connectivity index (χ4n) is 11.1. The third-order valence-electron chi connectivity index (χ3n) is 17.0. The van der Waals surface area contributed by atoms with Gasteiger partial charge in [0, 0.05) is 25.7 Å². The molecule has 0 radical (unpaired) electrons. The topological polar surface area (TPSA) is 237 Å². The zero-order chi connectivity index (χ0) is 67.9. The van der Waals surface area contributed by atoms with Gasteiger partial charge in [0.05, 0.1) is 26.4 Å². The average molecular weight is 1350 g/mol. The van der Waals surface area contributed by atoms with Crippen LogP contribution in [0.1, 0.15) is 375 Å². The predicted molar refractivity (Wildman–Crippen MR) is 372 cm³/mol. The first-order valence-electron chi connectivity index (χ1n) is 38.0. The summed E-state index contributed by atoms with van der Waals surface area (Å²) in [6.07, 6.45) is 51.5. The van der Waals surface area contributed by atoms with Crippen LogP contribution in [0.15, 0.2) is 0 Å². The van der Waals surface area contributed by atoms with E-state index in [1.807, 2.05) is 0 Å². The van der Waals surface area contributed by atoms with Crippen LogP contribution in [0.5, 0.6) is 0 Å². The van der Waals surface area contributed by atoms with E-state index in [0.717, 1.165) is 102 Å². The lowest BCUT2D eigenvalue weighted by Crippen LogP contribution is -2.30. The second kappa shape index (κ2) is 65.0. The minimum Gasteiger partial charge on any atom is -0.462 e. The van der Waals surface area contributed by atoms with Crippen LogP contribution in [-0.2, 0) is 65.4 Å². The second-order valence-electron chi connectivity index (χ2n) is 27.3. The monoisotopic (exact) mass is 1350 g/mol. The van der Waals surface area contributed by atoms with E-state index in [4.69, 9.17) is 37.0 Å². The molecule has 0 aliphatic rings. The molecule has 2 unspecified atom stereocenters. The molecule has 0 spiro atoms. The van der Waals surface area contributed by atoms with E-state index < -0.39 is 97.5 Å². The highest BCUT2D eigenvalue weighted by molar-refractivity contribution is 7.47. The minimum absolute atomic E-state index is 0.106. The van der Waals surface area contributed by atoms with Gasteiger partial charge >= 0.3 is 39.5 Å². The third kappa shape index (κ3) is 66.7. The Morgan fingerprint density at radius 3 is 0.739 bits per heavy atom. The number of phosphoric acid groups is 2. The van der Waals surface area contributed by atoms with Gasteiger partial charge in [0.1, 0.15) is 19.3 Å². The Balaban J connectivity index is 5.19. The van der Waals surface area contributed by atoms with Crippen molar-refractivity contribution in [3.63, 3.8) is 0 Å². The van der Waals surface area contributed by atoms with Gasteiger partial charge in [0.25, 0.3) is 0 Å². The molecule has 0 aromatic carbocycles. The average Bonchev–Trinajstić information content (AvgIpc) is 2.57. The number of phosphoric ester groups is 2. The highest BCUT2D eigenvalue weighted by atomic mass is 31.2. The quantitative estimate of drug-likeness (QED) is 0.0222. The van der Waals surface area contributed by atoms with Crippen LogP contribution in [0, 0.1) is 11.8 Å². The summed E-state index contributed by atoms with van der Waals surface area (Å²) in [5.74, 6) is -0.691. The molecule has 0 saturated heterocycles. The van der Waals surface area contributed by atoms with Crippen molar-refractivity contribution in [2.45, 2.75) is 394 Å². The maximum atomic E-state index is 13.0. The molecule has 0 heterocycles. The maximum Gasteiger partial charge on any atom is 0.472 e. The van der Waals surface area contributed by atoms with Gasteiger partial charge in [0.15, 0.2) is 12.2 Å². The normalized spacial score (nSPS) is 14.1. The van der Waals surface area contributed by atoms with Crippen LogP contribution in [-0.4, -0.2) is 96.7 Å². The van der Waals surface area contributed by atoms with Crippen LogP contribution >= 0.6 is 15.6 Å². The van der Waals surface area contributed by atoms with Crippen molar-refractivity contribution in [3.8, 4) is 0 Å². The molecule has 0 bridgehead atoms. The van der Waals surface area contributed by atoms with Gasteiger partial charge in [-0.3, -0.25) is 37.3 Å². The van der Waals surface area contributed by atoms with Gasteiger partial charge in [-0.1, -0.05) is 324 Å². The summed E-state index contributed by atoms with van der Waals surface area (Å²) in [5, 5.41) is 10.6. The van der Waals surface area contributed by atoms with Crippen molar-refractivity contribution in [2.75, 3.05) is 39.6 Å². The van der Waals surface area contributed by atoms with Crippen molar-refractivity contribution >= 4 is 39.5 Å². The molecule has 0 aliphatic heterocycles. The van der Waals surface area contributed by atoms with E-state index in [-0.39, 0.29) is 25.7 Å². The lowest BCUT2D eigenvalue weighted by atomic mass is 10.0. The lowest BCUT2D eigenvalue weighted by Gasteiger charge is -2.21. The number of rotatable bonds is 72. The van der Waals surface area contributed by atoms with Gasteiger partial charge in [-0.2, -0.15) is 0 Å². The zero-order valence-corrected chi connectivity index (χ0v) is 61.6. The fraction of sp³-hybridized carbons (Fsp3) is 0.945. The summed E-state index contributed by atoms with van der Waals surface area (Å²) in [5.41, 5.74) is 0. The lowest BCUT2D eigenvalue weighted by molar-refractivity contribution is -0.161. The number of aliphatic hydroxyl groups is 1. The van der Waals surface area contributed by atoms with Crippen molar-refractivity contribution < 1.29 is 80.2 Å². The fourth-order valence-corrected chi connectivity index (χ4v) is 12.7. The standard InChI is InChI=1S/C73H142O17P2/c1-7-9-11-13-15-17-19-20-21-22-23-24-25-26-27-29-31-39-46-52-58-73(78)89-68(61-83-70(75)55-49-43-37-33-32-35-41-47-53-65(3)4)63-87-91(79,80)85-59-67(74)60-86-92(81,82)88-64-69(62-84-71(76)56-50-44-40-34-36-42-48-54-66(5)6)90-72(77)57-51-45-38-30-28-18-16-14-12-10-8-2/h65-69,74H,7-64H2,1-6H3,(H,79,80)(H,81,82)/t67-,68-,69-/m1/s1. The van der Waals surface area contributed by atoms with Crippen LogP contribution in [0.2, 0.25) is 0 Å². The summed E-state index contributed by atoms with van der Waals surface area (Å²) in [7, 11) is -9.90. The SMILES string of the molecule is CCCCCCCCCCCCCCCCCCCCCCC(=O)O[C@H](COC(=O)CCCCCCCCCCC(C)C)COP(=O)(O)OC[C@@H](O)COP(=O)(O)OC[C@@H](COC(=O)CCCCCCCCCC(C)C)OC(=O)CCCCCCCCCCCCC. The van der Waals surface area contributed by atoms with Crippen LogP contribution in [0.4, 0.5) is 0 Å². The molecular weight excluding hydrogens is 1210 g/mol. The van der Waals surface area contributed by atoms with Crippen LogP contribution < -0.4 is 0 Å². The molecule has 0 rings (SSSR count). The van der Waals surface area contributed by atoms with E-state index in [2.05, 4.69) is 41.5 Å². The van der Waals surface area contributed by atoms with Gasteiger partial charge in [-0.15, -0.1) is 0 Å². The molecule has 0 saturated carbocycles. The molecule has 0 amide bonds. The Hall–Kier alpha value is -1.94. The van der Waals surface area contributed by atoms with E-state index in [9.17, 15) is 43.2 Å². The number of aliphatic hydroxyl groups excluding tert-OH is 1. The van der Waals surface area contributed by atoms with Gasteiger partial charge in [-0.25, -0.2) is 9.13 Å². The molecule has 19 heteroatoms. The molecule has 546 valence electrons. The Morgan fingerprint density at radius 1 is 0.293 bits per heavy atom. The van der Waals surface area contributed by atoms with Crippen molar-refractivity contribution in [1.82, 2.24) is 0 Å². The molecule has 5 atom stereocenters. The smallest absolute Gasteiger partial charge is 0.462 e. The summed E-state index contributed by atoms with van der Waals surface area (Å²) in [4.78, 5) is 72.6. The van der Waals surface area contributed by atoms with Crippen LogP contribution in [0.3, 0.4) is 0 Å². The second-order valence-corrected chi connectivity index (χ2v) is 30.2. The van der Waals surface area contributed by atoms with Gasteiger partial charge in [0.2, 0.25) is 0 Å². The highest BCUT2D eigenvalue weighted by Gasteiger charge is 2.30. The van der Waals surface area contributed by atoms with Crippen LogP contribution in [0.25, 0.3) is 0 Å². The number of unbranched alkanes of at least 4 members (excludes halogenated alkanes) is 42. The number of ether oxygens (including phenoxy) is 4. The van der Waals surface area contributed by atoms with Crippen molar-refractivity contribution in [1.29, 1.82) is 0 Å². The molecule has 0 fully saturated rings. The molecule has 3 N–H and O–H groups in total. The summed E-state index contributed by atoms with van der Waals surface area (Å²) in [6.45, 7) is 9.47. The number of hydrogen-bond donors (Lipinski definition) is 3. The van der Waals surface area contributed by atoms with Gasteiger partial charge < -0.3 is 33.8 Å². The molecule has 0 aromatic heterocycles. The largest absolute Gasteiger partial charge is 0.472 e. The Morgan fingerprint density at radius 2 is 0.500 bits per heavy atom. The highest BCUT2D eigenvalue weighted by Crippen LogP contribution is 2.45.